The van der Waals surface area contributed by atoms with Gasteiger partial charge in [0.1, 0.15) is 11.3 Å². The molecule has 0 atom stereocenters. The zero-order valence-electron chi connectivity index (χ0n) is 15.3. The number of fused-ring (bicyclic) bond motifs is 1. The monoisotopic (exact) mass is 378 g/mol. The van der Waals surface area contributed by atoms with E-state index < -0.39 is 17.3 Å². The molecule has 0 spiro atoms. The standard InChI is InChI=1S/C21H18N2O5/c1-12(22-14-9-7-13(8-10-14)21(27)28)11-17(24)18-19(25)15-5-3-4-6-16(15)23(2)20(18)26/h3-11,22,25H,1-2H3,(H,27,28)/b12-11+. The average molecular weight is 378 g/mol. The van der Waals surface area contributed by atoms with Crippen LogP contribution in [0, 0.1) is 0 Å². The zero-order chi connectivity index (χ0) is 20.4. The van der Waals surface area contributed by atoms with Gasteiger partial charge < -0.3 is 20.1 Å². The van der Waals surface area contributed by atoms with E-state index in [1.54, 1.807) is 50.4 Å². The number of rotatable bonds is 5. The van der Waals surface area contributed by atoms with Crippen LogP contribution in [0.3, 0.4) is 0 Å². The first kappa shape index (κ1) is 18.9. The highest BCUT2D eigenvalue weighted by Gasteiger charge is 2.19. The van der Waals surface area contributed by atoms with E-state index in [9.17, 15) is 19.5 Å². The summed E-state index contributed by atoms with van der Waals surface area (Å²) in [6.45, 7) is 1.63. The number of para-hydroxylation sites is 1. The lowest BCUT2D eigenvalue weighted by Gasteiger charge is -2.11. The number of nitrogens with one attached hydrogen (secondary N) is 1. The van der Waals surface area contributed by atoms with E-state index in [1.807, 2.05) is 0 Å². The van der Waals surface area contributed by atoms with E-state index in [0.29, 0.717) is 22.3 Å². The molecule has 0 aliphatic heterocycles. The van der Waals surface area contributed by atoms with Crippen LogP contribution in [0.1, 0.15) is 27.6 Å². The molecular weight excluding hydrogens is 360 g/mol. The number of carbonyl (C=O) groups is 2. The zero-order valence-corrected chi connectivity index (χ0v) is 15.3. The van der Waals surface area contributed by atoms with Crippen LogP contribution < -0.4 is 10.9 Å². The number of allylic oxidation sites excluding steroid dienone is 2. The number of anilines is 1. The maximum atomic E-state index is 12.7. The number of carbonyl (C=O) groups excluding carboxylic acids is 1. The van der Waals surface area contributed by atoms with Gasteiger partial charge in [0.2, 0.25) is 0 Å². The van der Waals surface area contributed by atoms with Crippen molar-refractivity contribution < 1.29 is 19.8 Å². The minimum atomic E-state index is -1.03. The first-order valence-corrected chi connectivity index (χ1v) is 8.43. The van der Waals surface area contributed by atoms with Crippen molar-refractivity contribution in [2.45, 2.75) is 6.92 Å². The second kappa shape index (κ2) is 7.40. The van der Waals surface area contributed by atoms with Gasteiger partial charge in [-0.3, -0.25) is 9.59 Å². The highest BCUT2D eigenvalue weighted by Crippen LogP contribution is 2.26. The minimum absolute atomic E-state index is 0.146. The van der Waals surface area contributed by atoms with Crippen LogP contribution >= 0.6 is 0 Å². The molecule has 0 amide bonds. The first-order valence-electron chi connectivity index (χ1n) is 8.43. The number of aromatic nitrogens is 1. The normalized spacial score (nSPS) is 11.4. The molecule has 142 valence electrons. The summed E-state index contributed by atoms with van der Waals surface area (Å²) in [5.41, 5.74) is 0.802. The Bertz CT molecular complexity index is 1170. The SMILES string of the molecule is C/C(=C\C(=O)c1c(O)c2ccccc2n(C)c1=O)Nc1ccc(C(=O)O)cc1. The number of nitrogens with zero attached hydrogens (tertiary/aromatic N) is 1. The topological polar surface area (TPSA) is 109 Å². The number of aryl methyl sites for hydroxylation is 1. The Hall–Kier alpha value is -3.87. The molecule has 3 rings (SSSR count). The molecule has 0 bridgehead atoms. The maximum Gasteiger partial charge on any atom is 0.335 e. The van der Waals surface area contributed by atoms with Crippen molar-refractivity contribution >= 4 is 28.3 Å². The molecule has 0 aliphatic rings. The summed E-state index contributed by atoms with van der Waals surface area (Å²) in [5, 5.41) is 22.8. The number of benzene rings is 2. The lowest BCUT2D eigenvalue weighted by molar-refractivity contribution is 0.0696. The summed E-state index contributed by atoms with van der Waals surface area (Å²) < 4.78 is 1.32. The molecule has 1 heterocycles. The van der Waals surface area contributed by atoms with Crippen molar-refractivity contribution in [3.05, 3.63) is 81.8 Å². The minimum Gasteiger partial charge on any atom is -0.506 e. The molecule has 0 unspecified atom stereocenters. The Morgan fingerprint density at radius 2 is 1.71 bits per heavy atom. The van der Waals surface area contributed by atoms with Gasteiger partial charge in [-0.05, 0) is 43.3 Å². The number of carboxylic acids is 1. The fraction of sp³-hybridized carbons (Fsp3) is 0.0952. The smallest absolute Gasteiger partial charge is 0.335 e. The molecular formula is C21H18N2O5. The van der Waals surface area contributed by atoms with Gasteiger partial charge in [-0.2, -0.15) is 0 Å². The Kier molecular flexibility index (Phi) is 5.00. The van der Waals surface area contributed by atoms with Crippen molar-refractivity contribution in [1.82, 2.24) is 4.57 Å². The van der Waals surface area contributed by atoms with E-state index in [-0.39, 0.29) is 16.9 Å². The number of ketones is 1. The van der Waals surface area contributed by atoms with Gasteiger partial charge in [-0.25, -0.2) is 4.79 Å². The lowest BCUT2D eigenvalue weighted by Crippen LogP contribution is -2.24. The van der Waals surface area contributed by atoms with Gasteiger partial charge >= 0.3 is 5.97 Å². The van der Waals surface area contributed by atoms with Gasteiger partial charge in [0.15, 0.2) is 5.78 Å². The molecule has 3 aromatic rings. The summed E-state index contributed by atoms with van der Waals surface area (Å²) in [6.07, 6.45) is 1.22. The van der Waals surface area contributed by atoms with E-state index in [0.717, 1.165) is 0 Å². The van der Waals surface area contributed by atoms with Crippen molar-refractivity contribution in [3.8, 4) is 5.75 Å². The largest absolute Gasteiger partial charge is 0.506 e. The summed E-state index contributed by atoms with van der Waals surface area (Å²) in [5.74, 6) is -2.01. The van der Waals surface area contributed by atoms with Crippen LogP contribution in [-0.4, -0.2) is 26.5 Å². The molecule has 0 saturated heterocycles. The van der Waals surface area contributed by atoms with Crippen LogP contribution in [0.4, 0.5) is 5.69 Å². The lowest BCUT2D eigenvalue weighted by atomic mass is 10.1. The number of pyridine rings is 1. The number of aromatic carboxylic acids is 1. The Balaban J connectivity index is 1.93. The average Bonchev–Trinajstić information content (AvgIpc) is 2.66. The predicted octanol–water partition coefficient (Wildman–Crippen LogP) is 3.14. The Morgan fingerprint density at radius 1 is 1.07 bits per heavy atom. The van der Waals surface area contributed by atoms with Crippen LogP contribution in [0.25, 0.3) is 10.9 Å². The number of carboxylic acid groups (broad SMARTS) is 1. The Morgan fingerprint density at radius 3 is 2.36 bits per heavy atom. The van der Waals surface area contributed by atoms with Gasteiger partial charge in [0.25, 0.3) is 5.56 Å². The number of aromatic hydroxyl groups is 1. The van der Waals surface area contributed by atoms with Crippen molar-refractivity contribution in [1.29, 1.82) is 0 Å². The summed E-state index contributed by atoms with van der Waals surface area (Å²) in [6, 6.07) is 12.8. The second-order valence-corrected chi connectivity index (χ2v) is 6.30. The maximum absolute atomic E-state index is 12.7. The van der Waals surface area contributed by atoms with Gasteiger partial charge in [-0.15, -0.1) is 0 Å². The molecule has 2 aromatic carbocycles. The van der Waals surface area contributed by atoms with Crippen molar-refractivity contribution in [2.75, 3.05) is 5.32 Å². The molecule has 0 aliphatic carbocycles. The number of hydrogen-bond donors (Lipinski definition) is 3. The second-order valence-electron chi connectivity index (χ2n) is 6.30. The Labute approximate surface area is 160 Å². The highest BCUT2D eigenvalue weighted by molar-refractivity contribution is 6.09. The fourth-order valence-corrected chi connectivity index (χ4v) is 2.93. The highest BCUT2D eigenvalue weighted by atomic mass is 16.4. The third kappa shape index (κ3) is 3.50. The summed E-state index contributed by atoms with van der Waals surface area (Å²) in [7, 11) is 1.54. The quantitative estimate of drug-likeness (QED) is 0.465. The molecule has 7 heteroatoms. The fourth-order valence-electron chi connectivity index (χ4n) is 2.93. The van der Waals surface area contributed by atoms with E-state index in [4.69, 9.17) is 5.11 Å². The molecule has 28 heavy (non-hydrogen) atoms. The van der Waals surface area contributed by atoms with Crippen molar-refractivity contribution in [2.24, 2.45) is 7.05 Å². The molecule has 1 aromatic heterocycles. The third-order valence-electron chi connectivity index (χ3n) is 4.34. The van der Waals surface area contributed by atoms with Crippen LogP contribution in [-0.2, 0) is 7.05 Å². The van der Waals surface area contributed by atoms with Gasteiger partial charge in [0.05, 0.1) is 11.1 Å². The van der Waals surface area contributed by atoms with Crippen molar-refractivity contribution in [3.63, 3.8) is 0 Å². The molecule has 0 fully saturated rings. The van der Waals surface area contributed by atoms with Crippen LogP contribution in [0.2, 0.25) is 0 Å². The first-order chi connectivity index (χ1) is 13.3. The van der Waals surface area contributed by atoms with E-state index >= 15 is 0 Å². The molecule has 3 N–H and O–H groups in total. The molecule has 0 saturated carbocycles. The number of hydrogen-bond acceptors (Lipinski definition) is 5. The molecule has 0 radical (unpaired) electrons. The van der Waals surface area contributed by atoms with Crippen LogP contribution in [0.15, 0.2) is 65.1 Å². The summed E-state index contributed by atoms with van der Waals surface area (Å²) >= 11 is 0. The predicted molar refractivity (Wildman–Crippen MR) is 106 cm³/mol. The molecule has 7 nitrogen and oxygen atoms in total. The van der Waals surface area contributed by atoms with Crippen LogP contribution in [0.5, 0.6) is 5.75 Å². The summed E-state index contributed by atoms with van der Waals surface area (Å²) in [4.78, 5) is 36.1. The third-order valence-corrected chi connectivity index (χ3v) is 4.34. The van der Waals surface area contributed by atoms with Gasteiger partial charge in [-0.1, -0.05) is 12.1 Å². The van der Waals surface area contributed by atoms with E-state index in [2.05, 4.69) is 5.32 Å². The van der Waals surface area contributed by atoms with Gasteiger partial charge in [0, 0.05) is 29.9 Å². The van der Waals surface area contributed by atoms with E-state index in [1.165, 1.54) is 22.8 Å².